The Bertz CT molecular complexity index is 1240. The van der Waals surface area contributed by atoms with Crippen molar-refractivity contribution in [3.05, 3.63) is 53.1 Å². The zero-order valence-corrected chi connectivity index (χ0v) is 20.5. The lowest BCUT2D eigenvalue weighted by molar-refractivity contribution is -0.117. The molecule has 172 valence electrons. The van der Waals surface area contributed by atoms with E-state index in [2.05, 4.69) is 10.6 Å². The molecule has 11 heteroatoms. The minimum atomic E-state index is -4.18. The van der Waals surface area contributed by atoms with Crippen LogP contribution in [0.25, 0.3) is 12.2 Å². The number of anilines is 1. The summed E-state index contributed by atoms with van der Waals surface area (Å²) in [5.74, 6) is -0.737. The van der Waals surface area contributed by atoms with Gasteiger partial charge in [0, 0.05) is 18.7 Å². The van der Waals surface area contributed by atoms with Gasteiger partial charge in [0.2, 0.25) is 5.91 Å². The van der Waals surface area contributed by atoms with Crippen LogP contribution in [-0.2, 0) is 25.5 Å². The van der Waals surface area contributed by atoms with Gasteiger partial charge in [-0.2, -0.15) is 0 Å². The number of carbonyl (C=O) groups is 1. The molecule has 3 N–H and O–H groups in total. The number of aryl methyl sites for hydroxylation is 1. The molecule has 0 aliphatic rings. The van der Waals surface area contributed by atoms with Crippen LogP contribution in [0.15, 0.2) is 46.2 Å². The van der Waals surface area contributed by atoms with Gasteiger partial charge in [0.05, 0.1) is 9.79 Å². The quantitative estimate of drug-likeness (QED) is 0.263. The van der Waals surface area contributed by atoms with Gasteiger partial charge in [-0.25, -0.2) is 21.6 Å². The Hall–Kier alpha value is -2.76. The summed E-state index contributed by atoms with van der Waals surface area (Å²) in [4.78, 5) is 11.4. The number of carbonyl (C=O) groups excluding carboxylic acids is 1. The van der Waals surface area contributed by atoms with Crippen molar-refractivity contribution < 1.29 is 21.6 Å². The molecule has 0 radical (unpaired) electrons. The minimum absolute atomic E-state index is 0.0796. The van der Waals surface area contributed by atoms with Crippen LogP contribution < -0.4 is 15.4 Å². The van der Waals surface area contributed by atoms with E-state index in [4.69, 9.17) is 12.2 Å². The van der Waals surface area contributed by atoms with Crippen molar-refractivity contribution in [3.8, 4) is 0 Å². The Morgan fingerprint density at radius 2 is 1.69 bits per heavy atom. The first-order valence-electron chi connectivity index (χ1n) is 9.57. The van der Waals surface area contributed by atoms with Crippen LogP contribution in [0, 0.1) is 6.92 Å². The Kier molecular flexibility index (Phi) is 8.53. The van der Waals surface area contributed by atoms with Crippen molar-refractivity contribution in [2.45, 2.75) is 43.5 Å². The third kappa shape index (κ3) is 7.14. The SMILES string of the molecule is CC(=O)NS(=O)(=O)c1cc(NC(=S)NC(C)C)ccc1/C=C/c1ccc(C)cc1[SH](=O)=O. The molecule has 8 nitrogen and oxygen atoms in total. The Balaban J connectivity index is 2.53. The summed E-state index contributed by atoms with van der Waals surface area (Å²) in [5.41, 5.74) is 1.87. The first-order valence-corrected chi connectivity index (χ1v) is 12.6. The van der Waals surface area contributed by atoms with Crippen LogP contribution >= 0.6 is 12.2 Å². The predicted octanol–water partition coefficient (Wildman–Crippen LogP) is 2.66. The smallest absolute Gasteiger partial charge is 0.264 e. The first kappa shape index (κ1) is 25.5. The van der Waals surface area contributed by atoms with Crippen LogP contribution in [0.4, 0.5) is 5.69 Å². The lowest BCUT2D eigenvalue weighted by atomic mass is 10.1. The molecule has 1 amide bonds. The van der Waals surface area contributed by atoms with E-state index in [1.807, 2.05) is 18.6 Å². The maximum Gasteiger partial charge on any atom is 0.264 e. The Labute approximate surface area is 195 Å². The third-order valence-corrected chi connectivity index (χ3v) is 6.57. The molecule has 0 atom stereocenters. The van der Waals surface area contributed by atoms with Gasteiger partial charge in [-0.15, -0.1) is 0 Å². The van der Waals surface area contributed by atoms with Crippen LogP contribution in [0.3, 0.4) is 0 Å². The third-order valence-electron chi connectivity index (χ3n) is 4.08. The zero-order chi connectivity index (χ0) is 24.1. The van der Waals surface area contributed by atoms with Gasteiger partial charge in [-0.05, 0) is 67.9 Å². The molecular formula is C21H25N3O5S3. The van der Waals surface area contributed by atoms with E-state index >= 15 is 0 Å². The van der Waals surface area contributed by atoms with Crippen molar-refractivity contribution in [1.82, 2.24) is 10.0 Å². The van der Waals surface area contributed by atoms with Gasteiger partial charge in [0.1, 0.15) is 0 Å². The summed E-state index contributed by atoms with van der Waals surface area (Å²) < 4.78 is 50.7. The number of nitrogens with one attached hydrogen (secondary N) is 3. The molecule has 0 fully saturated rings. The number of hydrogen-bond acceptors (Lipinski definition) is 6. The molecule has 32 heavy (non-hydrogen) atoms. The van der Waals surface area contributed by atoms with Crippen LogP contribution in [0.5, 0.6) is 0 Å². The molecule has 0 heterocycles. The average molecular weight is 496 g/mol. The summed E-state index contributed by atoms with van der Waals surface area (Å²) in [6, 6.07) is 9.53. The zero-order valence-electron chi connectivity index (χ0n) is 18.0. The fourth-order valence-corrected chi connectivity index (χ4v) is 5.03. The van der Waals surface area contributed by atoms with E-state index in [-0.39, 0.29) is 21.4 Å². The van der Waals surface area contributed by atoms with Crippen LogP contribution in [0.2, 0.25) is 0 Å². The van der Waals surface area contributed by atoms with E-state index in [9.17, 15) is 21.6 Å². The second-order valence-corrected chi connectivity index (χ2v) is 10.4. The number of thiocarbonyl (C=S) groups is 1. The standard InChI is InChI=1S/C21H25N3O5S3/c1-13(2)22-21(30)23-18-10-9-17(20(12-18)32(28,29)24-15(4)25)8-7-16-6-5-14(3)11-19(16)31(26)27/h5-13,31H,1-4H3,(H,24,25)(H2,22,23,30)/b8-7+. The largest absolute Gasteiger partial charge is 0.360 e. The number of amides is 1. The molecule has 0 bridgehead atoms. The summed E-state index contributed by atoms with van der Waals surface area (Å²) in [5, 5.41) is 6.22. The maximum atomic E-state index is 12.8. The normalized spacial score (nSPS) is 11.7. The van der Waals surface area contributed by atoms with Crippen LogP contribution in [0.1, 0.15) is 37.5 Å². The highest BCUT2D eigenvalue weighted by Crippen LogP contribution is 2.24. The molecule has 2 rings (SSSR count). The number of thiol groups is 1. The molecule has 2 aromatic rings. The Morgan fingerprint density at radius 3 is 2.28 bits per heavy atom. The highest BCUT2D eigenvalue weighted by molar-refractivity contribution is 7.90. The van der Waals surface area contributed by atoms with Gasteiger partial charge in [0.15, 0.2) is 15.8 Å². The second-order valence-electron chi connectivity index (χ2n) is 7.32. The van der Waals surface area contributed by atoms with Gasteiger partial charge >= 0.3 is 0 Å². The number of sulfonamides is 1. The Morgan fingerprint density at radius 1 is 1.06 bits per heavy atom. The predicted molar refractivity (Wildman–Crippen MR) is 131 cm³/mol. The summed E-state index contributed by atoms with van der Waals surface area (Å²) >= 11 is 5.20. The molecule has 2 aromatic carbocycles. The van der Waals surface area contributed by atoms with Gasteiger partial charge in [0.25, 0.3) is 10.0 Å². The second kappa shape index (κ2) is 10.7. The highest BCUT2D eigenvalue weighted by Gasteiger charge is 2.20. The fourth-order valence-electron chi connectivity index (χ4n) is 2.79. The van der Waals surface area contributed by atoms with Gasteiger partial charge in [-0.3, -0.25) is 4.79 Å². The average Bonchev–Trinajstić information content (AvgIpc) is 2.65. The molecule has 0 aliphatic carbocycles. The highest BCUT2D eigenvalue weighted by atomic mass is 32.2. The van der Waals surface area contributed by atoms with E-state index in [1.165, 1.54) is 30.4 Å². The molecule has 0 saturated carbocycles. The van der Waals surface area contributed by atoms with Crippen LogP contribution in [-0.4, -0.2) is 33.9 Å². The summed E-state index contributed by atoms with van der Waals surface area (Å²) in [6.07, 6.45) is 3.00. The lowest BCUT2D eigenvalue weighted by Crippen LogP contribution is -2.34. The van der Waals surface area contributed by atoms with Gasteiger partial charge < -0.3 is 10.6 Å². The minimum Gasteiger partial charge on any atom is -0.360 e. The molecule has 0 saturated heterocycles. The monoisotopic (exact) mass is 495 g/mol. The lowest BCUT2D eigenvalue weighted by Gasteiger charge is -2.15. The van der Waals surface area contributed by atoms with Crippen molar-refractivity contribution in [1.29, 1.82) is 0 Å². The molecule has 0 aromatic heterocycles. The summed E-state index contributed by atoms with van der Waals surface area (Å²) in [6.45, 7) is 6.69. The van der Waals surface area contributed by atoms with Crippen molar-refractivity contribution in [2.75, 3.05) is 5.32 Å². The van der Waals surface area contributed by atoms with E-state index < -0.39 is 26.6 Å². The topological polar surface area (TPSA) is 121 Å². The molecule has 0 aliphatic heterocycles. The number of benzene rings is 2. The van der Waals surface area contributed by atoms with Crippen molar-refractivity contribution in [3.63, 3.8) is 0 Å². The van der Waals surface area contributed by atoms with Crippen molar-refractivity contribution in [2.24, 2.45) is 0 Å². The first-order chi connectivity index (χ1) is 14.9. The molecule has 0 unspecified atom stereocenters. The van der Waals surface area contributed by atoms with Gasteiger partial charge in [-0.1, -0.05) is 30.4 Å². The molecule has 0 spiro atoms. The van der Waals surface area contributed by atoms with E-state index in [1.54, 1.807) is 25.1 Å². The van der Waals surface area contributed by atoms with E-state index in [0.717, 1.165) is 12.5 Å². The fraction of sp³-hybridized carbons (Fsp3) is 0.238. The maximum absolute atomic E-state index is 12.8. The number of hydrogen-bond donors (Lipinski definition) is 4. The van der Waals surface area contributed by atoms with Crippen molar-refractivity contribution >= 4 is 61.8 Å². The molecular weight excluding hydrogens is 470 g/mol. The van der Waals surface area contributed by atoms with E-state index in [0.29, 0.717) is 16.4 Å². The number of rotatable bonds is 7. The summed E-state index contributed by atoms with van der Waals surface area (Å²) in [7, 11) is -7.02.